The topological polar surface area (TPSA) is 197 Å². The fourth-order valence-electron chi connectivity index (χ4n) is 6.62. The van der Waals surface area contributed by atoms with Gasteiger partial charge in [-0.3, -0.25) is 24.0 Å². The maximum Gasteiger partial charge on any atom is 0.326 e. The molecule has 5 N–H and O–H groups in total. The van der Waals surface area contributed by atoms with Crippen LogP contribution in [0.15, 0.2) is 0 Å². The minimum Gasteiger partial charge on any atom is -0.481 e. The lowest BCUT2D eigenvalue weighted by molar-refractivity contribution is -0.143. The van der Waals surface area contributed by atoms with Gasteiger partial charge in [0.2, 0.25) is 17.7 Å². The van der Waals surface area contributed by atoms with E-state index in [0.29, 0.717) is 44.8 Å². The number of ketones is 1. The third kappa shape index (κ3) is 29.0. The van der Waals surface area contributed by atoms with Crippen LogP contribution in [0.5, 0.6) is 0 Å². The van der Waals surface area contributed by atoms with Crippen LogP contribution >= 0.6 is 0 Å². The smallest absolute Gasteiger partial charge is 0.326 e. The molecule has 0 radical (unpaired) electrons. The van der Waals surface area contributed by atoms with Crippen LogP contribution < -0.4 is 16.0 Å². The summed E-state index contributed by atoms with van der Waals surface area (Å²) < 4.78 is 10.4. The molecule has 0 spiro atoms. The van der Waals surface area contributed by atoms with E-state index in [1.165, 1.54) is 77.6 Å². The van der Waals surface area contributed by atoms with Crippen molar-refractivity contribution in [2.24, 2.45) is 11.8 Å². The second-order valence-corrected chi connectivity index (χ2v) is 14.7. The molecule has 0 heterocycles. The molecule has 53 heavy (non-hydrogen) atoms. The third-order valence-corrected chi connectivity index (χ3v) is 9.87. The lowest BCUT2D eigenvalue weighted by Crippen LogP contribution is -2.45. The Morgan fingerprint density at radius 1 is 0.604 bits per heavy atom. The van der Waals surface area contributed by atoms with E-state index in [1.807, 2.05) is 0 Å². The number of rotatable bonds is 35. The zero-order chi connectivity index (χ0) is 38.9. The lowest BCUT2D eigenvalue weighted by Gasteiger charge is -2.28. The van der Waals surface area contributed by atoms with E-state index in [0.717, 1.165) is 44.9 Å². The second-order valence-electron chi connectivity index (χ2n) is 14.7. The summed E-state index contributed by atoms with van der Waals surface area (Å²) >= 11 is 0. The Hall–Kier alpha value is -3.06. The van der Waals surface area contributed by atoms with Gasteiger partial charge >= 0.3 is 11.9 Å². The standard InChI is InChI=1S/C40H71N3O10/c1-32(44)31-53-29-28-52-27-26-41-37(46)25-24-35(40(50)51)43-39(49)34-22-20-33(21-23-34)30-42-36(45)18-16-14-12-10-8-6-4-2-3-5-7-9-11-13-15-17-19-38(47)48/h33-35H,2-31H2,1H3,(H,41,46)(H,42,45)(H,43,49)(H,47,48)(H,50,51)/t33?,34?,35-/m1/s1. The summed E-state index contributed by atoms with van der Waals surface area (Å²) in [7, 11) is 0. The monoisotopic (exact) mass is 754 g/mol. The molecule has 0 bridgehead atoms. The van der Waals surface area contributed by atoms with E-state index in [4.69, 9.17) is 14.6 Å². The summed E-state index contributed by atoms with van der Waals surface area (Å²) in [5.74, 6) is -2.45. The number of carbonyl (C=O) groups is 6. The van der Waals surface area contributed by atoms with Gasteiger partial charge in [-0.2, -0.15) is 0 Å². The number of amides is 3. The summed E-state index contributed by atoms with van der Waals surface area (Å²) in [5, 5.41) is 26.6. The van der Waals surface area contributed by atoms with Crippen molar-refractivity contribution in [3.63, 3.8) is 0 Å². The van der Waals surface area contributed by atoms with Gasteiger partial charge in [0.1, 0.15) is 12.6 Å². The van der Waals surface area contributed by atoms with Gasteiger partial charge in [-0.15, -0.1) is 0 Å². The molecule has 306 valence electrons. The minimum absolute atomic E-state index is 0.0165. The number of unbranched alkanes of at least 4 members (excludes halogenated alkanes) is 15. The maximum atomic E-state index is 12.8. The van der Waals surface area contributed by atoms with Gasteiger partial charge in [0.05, 0.1) is 19.8 Å². The van der Waals surface area contributed by atoms with Gasteiger partial charge in [0.25, 0.3) is 0 Å². The first-order valence-corrected chi connectivity index (χ1v) is 20.5. The van der Waals surface area contributed by atoms with E-state index in [-0.39, 0.29) is 68.6 Å². The van der Waals surface area contributed by atoms with Gasteiger partial charge in [-0.05, 0) is 57.8 Å². The molecule has 1 fully saturated rings. The Kier molecular flexibility index (Phi) is 29.3. The molecule has 0 aromatic carbocycles. The molecular formula is C40H71N3O10. The highest BCUT2D eigenvalue weighted by molar-refractivity contribution is 5.85. The molecule has 3 amide bonds. The van der Waals surface area contributed by atoms with Crippen LogP contribution in [0, 0.1) is 11.8 Å². The van der Waals surface area contributed by atoms with Gasteiger partial charge in [0, 0.05) is 38.3 Å². The van der Waals surface area contributed by atoms with E-state index in [1.54, 1.807) is 0 Å². The zero-order valence-corrected chi connectivity index (χ0v) is 32.6. The van der Waals surface area contributed by atoms with Crippen LogP contribution in [-0.4, -0.2) is 91.2 Å². The van der Waals surface area contributed by atoms with Crippen molar-refractivity contribution in [3.8, 4) is 0 Å². The van der Waals surface area contributed by atoms with Crippen LogP contribution in [0.2, 0.25) is 0 Å². The van der Waals surface area contributed by atoms with Crippen molar-refractivity contribution in [2.75, 3.05) is 39.5 Å². The van der Waals surface area contributed by atoms with Crippen molar-refractivity contribution in [2.45, 2.75) is 167 Å². The normalized spacial score (nSPS) is 16.1. The number of hydrogen-bond donors (Lipinski definition) is 5. The van der Waals surface area contributed by atoms with Crippen LogP contribution in [-0.2, 0) is 38.2 Å². The Bertz CT molecular complexity index is 1030. The number of hydrogen-bond acceptors (Lipinski definition) is 8. The van der Waals surface area contributed by atoms with Crippen molar-refractivity contribution in [1.82, 2.24) is 16.0 Å². The molecule has 13 nitrogen and oxygen atoms in total. The number of carbonyl (C=O) groups excluding carboxylic acids is 4. The SMILES string of the molecule is CC(=O)COCCOCCNC(=O)CC[C@@H](NC(=O)C1CCC(CNC(=O)CCCCCCCCCCCCCCCCCCC(=O)O)CC1)C(=O)O. The highest BCUT2D eigenvalue weighted by atomic mass is 16.5. The molecule has 0 aromatic heterocycles. The Labute approximate surface area is 317 Å². The highest BCUT2D eigenvalue weighted by Gasteiger charge is 2.29. The van der Waals surface area contributed by atoms with Crippen molar-refractivity contribution >= 4 is 35.4 Å². The molecule has 13 heteroatoms. The minimum atomic E-state index is -1.18. The number of nitrogens with one attached hydrogen (secondary N) is 3. The quantitative estimate of drug-likeness (QED) is 0.0472. The van der Waals surface area contributed by atoms with Crippen molar-refractivity contribution < 1.29 is 48.5 Å². The van der Waals surface area contributed by atoms with E-state index < -0.39 is 18.0 Å². The predicted octanol–water partition coefficient (Wildman–Crippen LogP) is 6.10. The van der Waals surface area contributed by atoms with Crippen molar-refractivity contribution in [1.29, 1.82) is 0 Å². The van der Waals surface area contributed by atoms with E-state index in [9.17, 15) is 33.9 Å². The summed E-state index contributed by atoms with van der Waals surface area (Å²) in [4.78, 5) is 70.4. The molecule has 0 aromatic rings. The summed E-state index contributed by atoms with van der Waals surface area (Å²) in [6.07, 6.45) is 22.5. The third-order valence-electron chi connectivity index (χ3n) is 9.87. The molecule has 1 atom stereocenters. The molecule has 0 aliphatic heterocycles. The maximum absolute atomic E-state index is 12.8. The van der Waals surface area contributed by atoms with Gasteiger partial charge < -0.3 is 35.6 Å². The average Bonchev–Trinajstić information content (AvgIpc) is 3.12. The molecular weight excluding hydrogens is 682 g/mol. The number of carboxylic acid groups (broad SMARTS) is 2. The first-order chi connectivity index (χ1) is 25.6. The van der Waals surface area contributed by atoms with Crippen LogP contribution in [0.3, 0.4) is 0 Å². The zero-order valence-electron chi connectivity index (χ0n) is 32.6. The highest BCUT2D eigenvalue weighted by Crippen LogP contribution is 2.29. The molecule has 1 saturated carbocycles. The fraction of sp³-hybridized carbons (Fsp3) is 0.850. The Morgan fingerprint density at radius 2 is 1.09 bits per heavy atom. The first-order valence-electron chi connectivity index (χ1n) is 20.5. The molecule has 1 rings (SSSR count). The predicted molar refractivity (Wildman–Crippen MR) is 203 cm³/mol. The first kappa shape index (κ1) is 48.0. The average molecular weight is 754 g/mol. The fourth-order valence-corrected chi connectivity index (χ4v) is 6.62. The second kappa shape index (κ2) is 32.4. The van der Waals surface area contributed by atoms with E-state index in [2.05, 4.69) is 16.0 Å². The van der Waals surface area contributed by atoms with Gasteiger partial charge in [-0.1, -0.05) is 89.9 Å². The van der Waals surface area contributed by atoms with Gasteiger partial charge in [-0.25, -0.2) is 4.79 Å². The largest absolute Gasteiger partial charge is 0.481 e. The van der Waals surface area contributed by atoms with Crippen LogP contribution in [0.1, 0.15) is 161 Å². The number of aliphatic carboxylic acids is 2. The molecule has 0 saturated heterocycles. The number of carboxylic acids is 2. The summed E-state index contributed by atoms with van der Waals surface area (Å²) in [6, 6.07) is -1.15. The Balaban J connectivity index is 2.01. The number of Topliss-reactive ketones (excluding diaryl/α,β-unsaturated/α-hetero) is 1. The summed E-state index contributed by atoms with van der Waals surface area (Å²) in [6.45, 7) is 3.16. The molecule has 1 aliphatic rings. The molecule has 0 unspecified atom stereocenters. The van der Waals surface area contributed by atoms with E-state index >= 15 is 0 Å². The molecule has 1 aliphatic carbocycles. The Morgan fingerprint density at radius 3 is 1.60 bits per heavy atom. The van der Waals surface area contributed by atoms with Crippen LogP contribution in [0.25, 0.3) is 0 Å². The number of ether oxygens (including phenoxy) is 2. The van der Waals surface area contributed by atoms with Crippen molar-refractivity contribution in [3.05, 3.63) is 0 Å². The van der Waals surface area contributed by atoms with Crippen LogP contribution in [0.4, 0.5) is 0 Å². The van der Waals surface area contributed by atoms with Gasteiger partial charge in [0.15, 0.2) is 5.78 Å². The lowest BCUT2D eigenvalue weighted by atomic mass is 9.81. The summed E-state index contributed by atoms with van der Waals surface area (Å²) in [5.41, 5.74) is 0.